The number of hydrogen-bond donors (Lipinski definition) is 2. The Balaban J connectivity index is 1.93. The summed E-state index contributed by atoms with van der Waals surface area (Å²) in [6.45, 7) is 0.805. The number of nitrogens with zero attached hydrogens (tertiary/aromatic N) is 2. The molecule has 0 saturated heterocycles. The summed E-state index contributed by atoms with van der Waals surface area (Å²) in [5, 5.41) is 3.22. The van der Waals surface area contributed by atoms with Gasteiger partial charge in [-0.1, -0.05) is 30.3 Å². The van der Waals surface area contributed by atoms with E-state index in [-0.39, 0.29) is 0 Å². The fraction of sp³-hybridized carbons (Fsp3) is 0.167. The Morgan fingerprint density at radius 1 is 1.18 bits per heavy atom. The van der Waals surface area contributed by atoms with E-state index in [1.807, 2.05) is 18.2 Å². The fourth-order valence-corrected chi connectivity index (χ4v) is 1.82. The molecule has 3 N–H and O–H groups in total. The predicted octanol–water partition coefficient (Wildman–Crippen LogP) is 2.48. The van der Waals surface area contributed by atoms with Crippen LogP contribution in [0.3, 0.4) is 0 Å². The monoisotopic (exact) mass is 292 g/mol. The van der Waals surface area contributed by atoms with Gasteiger partial charge in [0.25, 0.3) is 0 Å². The Morgan fingerprint density at radius 3 is 2.71 bits per heavy atom. The van der Waals surface area contributed by atoms with Crippen LogP contribution in [0.1, 0.15) is 5.56 Å². The Morgan fingerprint density at radius 2 is 1.94 bits per heavy atom. The van der Waals surface area contributed by atoms with Crippen molar-refractivity contribution >= 4 is 27.6 Å². The molecule has 0 aliphatic rings. The largest absolute Gasteiger partial charge is 0.383 e. The van der Waals surface area contributed by atoms with E-state index in [1.54, 1.807) is 0 Å². The average molecular weight is 293 g/mol. The number of anilines is 2. The van der Waals surface area contributed by atoms with Gasteiger partial charge < -0.3 is 11.1 Å². The van der Waals surface area contributed by atoms with Gasteiger partial charge >= 0.3 is 0 Å². The second kappa shape index (κ2) is 5.63. The molecule has 0 aliphatic carbocycles. The molecule has 1 aromatic carbocycles. The quantitative estimate of drug-likeness (QED) is 0.909. The summed E-state index contributed by atoms with van der Waals surface area (Å²) < 4.78 is 0.716. The molecule has 5 heteroatoms. The molecule has 0 bridgehead atoms. The standard InChI is InChI=1S/C12H13BrN4/c13-10-11(14)16-8-17-12(10)15-7-6-9-4-2-1-3-5-9/h1-5,8H,6-7H2,(H3,14,15,16,17). The zero-order valence-corrected chi connectivity index (χ0v) is 10.8. The first-order chi connectivity index (χ1) is 8.27. The SMILES string of the molecule is Nc1ncnc(NCCc2ccccc2)c1Br. The van der Waals surface area contributed by atoms with Crippen LogP contribution in [0.15, 0.2) is 41.1 Å². The van der Waals surface area contributed by atoms with E-state index in [1.165, 1.54) is 11.9 Å². The maximum atomic E-state index is 5.67. The number of benzene rings is 1. The summed E-state index contributed by atoms with van der Waals surface area (Å²) in [6.07, 6.45) is 2.39. The van der Waals surface area contributed by atoms with E-state index in [2.05, 4.69) is 43.3 Å². The number of aromatic nitrogens is 2. The highest BCUT2D eigenvalue weighted by molar-refractivity contribution is 9.10. The third kappa shape index (κ3) is 3.17. The molecule has 0 amide bonds. The van der Waals surface area contributed by atoms with E-state index in [9.17, 15) is 0 Å². The molecule has 2 rings (SSSR count). The average Bonchev–Trinajstić information content (AvgIpc) is 2.36. The van der Waals surface area contributed by atoms with Crippen LogP contribution in [-0.2, 0) is 6.42 Å². The first-order valence-corrected chi connectivity index (χ1v) is 6.10. The van der Waals surface area contributed by atoms with Gasteiger partial charge in [-0.15, -0.1) is 0 Å². The minimum atomic E-state index is 0.446. The molecular formula is C12H13BrN4. The third-order valence-electron chi connectivity index (χ3n) is 2.37. The molecule has 0 atom stereocenters. The molecule has 0 unspecified atom stereocenters. The van der Waals surface area contributed by atoms with Crippen molar-refractivity contribution in [1.82, 2.24) is 9.97 Å². The van der Waals surface area contributed by atoms with Crippen LogP contribution < -0.4 is 11.1 Å². The lowest BCUT2D eigenvalue weighted by molar-refractivity contribution is 0.997. The third-order valence-corrected chi connectivity index (χ3v) is 3.15. The molecule has 88 valence electrons. The zero-order valence-electron chi connectivity index (χ0n) is 9.23. The highest BCUT2D eigenvalue weighted by atomic mass is 79.9. The molecule has 0 aliphatic heterocycles. The lowest BCUT2D eigenvalue weighted by Gasteiger charge is -2.08. The van der Waals surface area contributed by atoms with Crippen LogP contribution in [0.2, 0.25) is 0 Å². The van der Waals surface area contributed by atoms with Crippen LogP contribution in [0.5, 0.6) is 0 Å². The number of halogens is 1. The van der Waals surface area contributed by atoms with Crippen LogP contribution >= 0.6 is 15.9 Å². The highest BCUT2D eigenvalue weighted by Crippen LogP contribution is 2.23. The molecule has 1 aromatic heterocycles. The Bertz CT molecular complexity index is 487. The molecular weight excluding hydrogens is 280 g/mol. The van der Waals surface area contributed by atoms with Crippen molar-refractivity contribution in [3.63, 3.8) is 0 Å². The molecule has 17 heavy (non-hydrogen) atoms. The molecule has 0 spiro atoms. The van der Waals surface area contributed by atoms with Crippen LogP contribution in [-0.4, -0.2) is 16.5 Å². The Labute approximate surface area is 108 Å². The number of nitrogen functional groups attached to an aromatic ring is 1. The van der Waals surface area contributed by atoms with Crippen molar-refractivity contribution < 1.29 is 0 Å². The second-order valence-corrected chi connectivity index (χ2v) is 4.38. The summed E-state index contributed by atoms with van der Waals surface area (Å²) >= 11 is 3.35. The molecule has 0 fully saturated rings. The van der Waals surface area contributed by atoms with Crippen molar-refractivity contribution in [1.29, 1.82) is 0 Å². The summed E-state index contributed by atoms with van der Waals surface area (Å²) in [7, 11) is 0. The first kappa shape index (κ1) is 11.9. The van der Waals surface area contributed by atoms with E-state index in [4.69, 9.17) is 5.73 Å². The minimum Gasteiger partial charge on any atom is -0.383 e. The van der Waals surface area contributed by atoms with Gasteiger partial charge in [-0.2, -0.15) is 0 Å². The number of hydrogen-bond acceptors (Lipinski definition) is 4. The second-order valence-electron chi connectivity index (χ2n) is 3.58. The van der Waals surface area contributed by atoms with Crippen molar-refractivity contribution in [2.24, 2.45) is 0 Å². The van der Waals surface area contributed by atoms with Gasteiger partial charge in [-0.05, 0) is 27.9 Å². The van der Waals surface area contributed by atoms with Crippen LogP contribution in [0.25, 0.3) is 0 Å². The maximum absolute atomic E-state index is 5.67. The van der Waals surface area contributed by atoms with Gasteiger partial charge in [0.05, 0.1) is 0 Å². The first-order valence-electron chi connectivity index (χ1n) is 5.31. The van der Waals surface area contributed by atoms with Crippen molar-refractivity contribution in [3.8, 4) is 0 Å². The number of rotatable bonds is 4. The normalized spacial score (nSPS) is 10.2. The van der Waals surface area contributed by atoms with Crippen molar-refractivity contribution in [2.45, 2.75) is 6.42 Å². The van der Waals surface area contributed by atoms with Gasteiger partial charge in [0.15, 0.2) is 0 Å². The molecule has 4 nitrogen and oxygen atoms in total. The van der Waals surface area contributed by atoms with Gasteiger partial charge in [-0.25, -0.2) is 9.97 Å². The fourth-order valence-electron chi connectivity index (χ4n) is 1.48. The molecule has 1 heterocycles. The van der Waals surface area contributed by atoms with E-state index in [0.717, 1.165) is 18.8 Å². The topological polar surface area (TPSA) is 63.8 Å². The Hall–Kier alpha value is -1.62. The van der Waals surface area contributed by atoms with E-state index < -0.39 is 0 Å². The van der Waals surface area contributed by atoms with Gasteiger partial charge in [0.1, 0.15) is 22.4 Å². The summed E-state index contributed by atoms with van der Waals surface area (Å²) in [5.74, 6) is 1.18. The van der Waals surface area contributed by atoms with Crippen LogP contribution in [0.4, 0.5) is 11.6 Å². The lowest BCUT2D eigenvalue weighted by Crippen LogP contribution is -2.08. The van der Waals surface area contributed by atoms with Crippen molar-refractivity contribution in [3.05, 3.63) is 46.7 Å². The lowest BCUT2D eigenvalue weighted by atomic mass is 10.1. The molecule has 2 aromatic rings. The number of nitrogens with one attached hydrogen (secondary N) is 1. The van der Waals surface area contributed by atoms with Crippen LogP contribution in [0, 0.1) is 0 Å². The zero-order chi connectivity index (χ0) is 12.1. The van der Waals surface area contributed by atoms with Crippen molar-refractivity contribution in [2.75, 3.05) is 17.6 Å². The summed E-state index contributed by atoms with van der Waals surface area (Å²) in [4.78, 5) is 8.01. The molecule has 0 saturated carbocycles. The van der Waals surface area contributed by atoms with E-state index >= 15 is 0 Å². The molecule has 0 radical (unpaired) electrons. The van der Waals surface area contributed by atoms with Gasteiger partial charge in [-0.3, -0.25) is 0 Å². The predicted molar refractivity (Wildman–Crippen MR) is 72.8 cm³/mol. The minimum absolute atomic E-state index is 0.446. The summed E-state index contributed by atoms with van der Waals surface area (Å²) in [6, 6.07) is 10.3. The Kier molecular flexibility index (Phi) is 3.93. The smallest absolute Gasteiger partial charge is 0.145 e. The summed E-state index contributed by atoms with van der Waals surface area (Å²) in [5.41, 5.74) is 6.96. The van der Waals surface area contributed by atoms with E-state index in [0.29, 0.717) is 10.3 Å². The van der Waals surface area contributed by atoms with Gasteiger partial charge in [0.2, 0.25) is 0 Å². The highest BCUT2D eigenvalue weighted by Gasteiger charge is 2.04. The maximum Gasteiger partial charge on any atom is 0.145 e. The number of nitrogens with two attached hydrogens (primary N) is 1. The van der Waals surface area contributed by atoms with Gasteiger partial charge in [0, 0.05) is 6.54 Å².